The van der Waals surface area contributed by atoms with E-state index in [2.05, 4.69) is 0 Å². The number of aryl methyl sites for hydroxylation is 1. The molecule has 0 amide bonds. The van der Waals surface area contributed by atoms with Crippen LogP contribution in [-0.2, 0) is 6.18 Å². The molecule has 0 bridgehead atoms. The van der Waals surface area contributed by atoms with Crippen LogP contribution in [0.2, 0.25) is 5.02 Å². The standard InChI is InChI=1S/C14H10ClF3/c1-9-5-4-8-12(15)13(9)10-6-2-3-7-11(10)14(16,17)18/h2-8H,1H3. The maximum absolute atomic E-state index is 13.0. The lowest BCUT2D eigenvalue weighted by molar-refractivity contribution is -0.137. The van der Waals surface area contributed by atoms with Gasteiger partial charge < -0.3 is 0 Å². The van der Waals surface area contributed by atoms with Crippen molar-refractivity contribution in [3.63, 3.8) is 0 Å². The summed E-state index contributed by atoms with van der Waals surface area (Å²) in [4.78, 5) is 0. The van der Waals surface area contributed by atoms with Gasteiger partial charge in [-0.2, -0.15) is 13.2 Å². The normalized spacial score (nSPS) is 11.6. The molecule has 0 atom stereocenters. The van der Waals surface area contributed by atoms with Gasteiger partial charge in [0.15, 0.2) is 0 Å². The fraction of sp³-hybridized carbons (Fsp3) is 0.143. The first kappa shape index (κ1) is 13.0. The molecule has 0 spiro atoms. The summed E-state index contributed by atoms with van der Waals surface area (Å²) in [6, 6.07) is 10.5. The zero-order valence-corrected chi connectivity index (χ0v) is 10.3. The van der Waals surface area contributed by atoms with Crippen molar-refractivity contribution in [3.8, 4) is 11.1 Å². The van der Waals surface area contributed by atoms with Crippen molar-refractivity contribution in [1.29, 1.82) is 0 Å². The van der Waals surface area contributed by atoms with Crippen LogP contribution in [0.15, 0.2) is 42.5 Å². The highest BCUT2D eigenvalue weighted by atomic mass is 35.5. The Balaban J connectivity index is 2.73. The second kappa shape index (κ2) is 4.65. The molecule has 0 aliphatic rings. The summed E-state index contributed by atoms with van der Waals surface area (Å²) in [6.07, 6.45) is -4.39. The number of benzene rings is 2. The molecule has 0 saturated heterocycles. The van der Waals surface area contributed by atoms with Crippen molar-refractivity contribution < 1.29 is 13.2 Å². The largest absolute Gasteiger partial charge is 0.417 e. The van der Waals surface area contributed by atoms with Crippen LogP contribution in [0.5, 0.6) is 0 Å². The van der Waals surface area contributed by atoms with E-state index in [1.807, 2.05) is 0 Å². The monoisotopic (exact) mass is 270 g/mol. The lowest BCUT2D eigenvalue weighted by Crippen LogP contribution is -2.07. The first-order valence-electron chi connectivity index (χ1n) is 5.33. The van der Waals surface area contributed by atoms with E-state index in [9.17, 15) is 13.2 Å². The fourth-order valence-electron chi connectivity index (χ4n) is 1.92. The van der Waals surface area contributed by atoms with E-state index >= 15 is 0 Å². The van der Waals surface area contributed by atoms with Crippen LogP contribution in [-0.4, -0.2) is 0 Å². The van der Waals surface area contributed by atoms with Gasteiger partial charge in [0, 0.05) is 10.6 Å². The second-order valence-electron chi connectivity index (χ2n) is 3.98. The van der Waals surface area contributed by atoms with Crippen molar-refractivity contribution in [2.75, 3.05) is 0 Å². The molecule has 4 heteroatoms. The summed E-state index contributed by atoms with van der Waals surface area (Å²) in [7, 11) is 0. The Morgan fingerprint density at radius 3 is 2.22 bits per heavy atom. The summed E-state index contributed by atoms with van der Waals surface area (Å²) >= 11 is 6.02. The molecule has 0 heterocycles. The Morgan fingerprint density at radius 1 is 0.944 bits per heavy atom. The van der Waals surface area contributed by atoms with Gasteiger partial charge in [-0.05, 0) is 30.2 Å². The van der Waals surface area contributed by atoms with Crippen LogP contribution in [0.1, 0.15) is 11.1 Å². The van der Waals surface area contributed by atoms with E-state index in [0.29, 0.717) is 10.6 Å². The van der Waals surface area contributed by atoms with Crippen LogP contribution in [0, 0.1) is 6.92 Å². The summed E-state index contributed by atoms with van der Waals surface area (Å²) < 4.78 is 38.9. The molecular weight excluding hydrogens is 261 g/mol. The van der Waals surface area contributed by atoms with Gasteiger partial charge in [-0.15, -0.1) is 0 Å². The summed E-state index contributed by atoms with van der Waals surface area (Å²) in [5.74, 6) is 0. The average molecular weight is 271 g/mol. The predicted octanol–water partition coefficient (Wildman–Crippen LogP) is 5.33. The summed E-state index contributed by atoms with van der Waals surface area (Å²) in [5, 5.41) is 0.326. The molecule has 2 aromatic rings. The van der Waals surface area contributed by atoms with Gasteiger partial charge >= 0.3 is 6.18 Å². The molecule has 0 unspecified atom stereocenters. The van der Waals surface area contributed by atoms with Crippen LogP contribution in [0.25, 0.3) is 11.1 Å². The smallest absolute Gasteiger partial charge is 0.166 e. The van der Waals surface area contributed by atoms with Gasteiger partial charge in [0.25, 0.3) is 0 Å². The highest BCUT2D eigenvalue weighted by molar-refractivity contribution is 6.33. The van der Waals surface area contributed by atoms with Gasteiger partial charge in [0.2, 0.25) is 0 Å². The highest BCUT2D eigenvalue weighted by Gasteiger charge is 2.33. The van der Waals surface area contributed by atoms with Gasteiger partial charge in [-0.25, -0.2) is 0 Å². The van der Waals surface area contributed by atoms with E-state index < -0.39 is 11.7 Å². The summed E-state index contributed by atoms with van der Waals surface area (Å²) in [6.45, 7) is 1.74. The topological polar surface area (TPSA) is 0 Å². The Morgan fingerprint density at radius 2 is 1.61 bits per heavy atom. The molecule has 94 valence electrons. The van der Waals surface area contributed by atoms with Crippen LogP contribution < -0.4 is 0 Å². The van der Waals surface area contributed by atoms with E-state index in [4.69, 9.17) is 11.6 Å². The number of halogens is 4. The molecule has 0 fully saturated rings. The van der Waals surface area contributed by atoms with Gasteiger partial charge in [-0.3, -0.25) is 0 Å². The van der Waals surface area contributed by atoms with Crippen molar-refractivity contribution in [1.82, 2.24) is 0 Å². The molecule has 18 heavy (non-hydrogen) atoms. The van der Waals surface area contributed by atoms with Gasteiger partial charge in [0.05, 0.1) is 5.56 Å². The minimum Gasteiger partial charge on any atom is -0.166 e. The Kier molecular flexibility index (Phi) is 3.35. The van der Waals surface area contributed by atoms with E-state index in [1.54, 1.807) is 31.2 Å². The quantitative estimate of drug-likeness (QED) is 0.657. The van der Waals surface area contributed by atoms with Crippen LogP contribution in [0.3, 0.4) is 0 Å². The van der Waals surface area contributed by atoms with Crippen molar-refractivity contribution in [2.45, 2.75) is 13.1 Å². The van der Waals surface area contributed by atoms with Gasteiger partial charge in [-0.1, -0.05) is 41.9 Å². The Bertz CT molecular complexity index is 553. The lowest BCUT2D eigenvalue weighted by atomic mass is 9.96. The number of alkyl halides is 3. The Hall–Kier alpha value is -1.48. The van der Waals surface area contributed by atoms with Gasteiger partial charge in [0.1, 0.15) is 0 Å². The van der Waals surface area contributed by atoms with Crippen molar-refractivity contribution >= 4 is 11.6 Å². The lowest BCUT2D eigenvalue weighted by Gasteiger charge is -2.15. The molecule has 0 aromatic heterocycles. The summed E-state index contributed by atoms with van der Waals surface area (Å²) in [5.41, 5.74) is 0.612. The molecule has 0 N–H and O–H groups in total. The third kappa shape index (κ3) is 2.36. The van der Waals surface area contributed by atoms with Crippen molar-refractivity contribution in [2.24, 2.45) is 0 Å². The molecular formula is C14H10ClF3. The molecule has 2 rings (SSSR count). The molecule has 0 radical (unpaired) electrons. The van der Waals surface area contributed by atoms with E-state index in [-0.39, 0.29) is 5.56 Å². The molecule has 0 aliphatic carbocycles. The van der Waals surface area contributed by atoms with E-state index in [1.165, 1.54) is 12.1 Å². The predicted molar refractivity (Wildman–Crippen MR) is 66.6 cm³/mol. The molecule has 0 nitrogen and oxygen atoms in total. The van der Waals surface area contributed by atoms with Crippen molar-refractivity contribution in [3.05, 3.63) is 58.6 Å². The number of hydrogen-bond acceptors (Lipinski definition) is 0. The zero-order chi connectivity index (χ0) is 13.3. The first-order chi connectivity index (χ1) is 8.41. The number of hydrogen-bond donors (Lipinski definition) is 0. The van der Waals surface area contributed by atoms with Crippen LogP contribution in [0.4, 0.5) is 13.2 Å². The maximum Gasteiger partial charge on any atom is 0.417 e. The maximum atomic E-state index is 13.0. The number of rotatable bonds is 1. The minimum atomic E-state index is -4.39. The van der Waals surface area contributed by atoms with E-state index in [0.717, 1.165) is 11.6 Å². The first-order valence-corrected chi connectivity index (χ1v) is 5.71. The second-order valence-corrected chi connectivity index (χ2v) is 4.38. The van der Waals surface area contributed by atoms with Crippen LogP contribution >= 0.6 is 11.6 Å². The zero-order valence-electron chi connectivity index (χ0n) is 9.55. The average Bonchev–Trinajstić information content (AvgIpc) is 2.28. The Labute approximate surface area is 108 Å². The third-order valence-electron chi connectivity index (χ3n) is 2.72. The molecule has 0 saturated carbocycles. The fourth-order valence-corrected chi connectivity index (χ4v) is 2.24. The minimum absolute atomic E-state index is 0.119. The molecule has 2 aromatic carbocycles. The highest BCUT2D eigenvalue weighted by Crippen LogP contribution is 2.40. The SMILES string of the molecule is Cc1cccc(Cl)c1-c1ccccc1C(F)(F)F. The molecule has 0 aliphatic heterocycles. The third-order valence-corrected chi connectivity index (χ3v) is 3.04.